The average Bonchev–Trinajstić information content (AvgIpc) is 3.36. The molecule has 6 nitrogen and oxygen atoms in total. The van der Waals surface area contributed by atoms with Gasteiger partial charge in [-0.05, 0) is 47.5 Å². The van der Waals surface area contributed by atoms with Gasteiger partial charge in [-0.25, -0.2) is 0 Å². The molecule has 0 amide bonds. The molecule has 6 heteroatoms. The van der Waals surface area contributed by atoms with Gasteiger partial charge in [-0.1, -0.05) is 24.3 Å². The van der Waals surface area contributed by atoms with E-state index in [1.807, 2.05) is 59.0 Å². The van der Waals surface area contributed by atoms with E-state index in [9.17, 15) is 0 Å². The lowest BCUT2D eigenvalue weighted by atomic mass is 10.1. The standard InChI is InChI=1S/C23H16N6/c1-28-21-7-6-15(12-17(21)14-25-28)16-9-11-29-22(13-16)26-27-23(29)19-8-10-24-20-5-3-2-4-18(19)20/h2-14H,1H3. The molecule has 0 aliphatic heterocycles. The van der Waals surface area contributed by atoms with E-state index in [4.69, 9.17) is 0 Å². The summed E-state index contributed by atoms with van der Waals surface area (Å²) in [6.45, 7) is 0. The summed E-state index contributed by atoms with van der Waals surface area (Å²) in [7, 11) is 1.95. The van der Waals surface area contributed by atoms with E-state index < -0.39 is 0 Å². The van der Waals surface area contributed by atoms with Crippen LogP contribution in [0.25, 0.3) is 50.0 Å². The summed E-state index contributed by atoms with van der Waals surface area (Å²) in [5.74, 6) is 0.813. The summed E-state index contributed by atoms with van der Waals surface area (Å²) in [6.07, 6.45) is 5.74. The molecule has 0 saturated heterocycles. The summed E-state index contributed by atoms with van der Waals surface area (Å²) in [4.78, 5) is 4.45. The molecule has 138 valence electrons. The largest absolute Gasteiger partial charge is 0.282 e. The van der Waals surface area contributed by atoms with Crippen LogP contribution in [0, 0.1) is 0 Å². The van der Waals surface area contributed by atoms with Gasteiger partial charge in [0.15, 0.2) is 11.5 Å². The minimum Gasteiger partial charge on any atom is -0.282 e. The molecule has 0 spiro atoms. The first kappa shape index (κ1) is 15.9. The Balaban J connectivity index is 1.50. The van der Waals surface area contributed by atoms with Crippen LogP contribution in [0.4, 0.5) is 0 Å². The Kier molecular flexibility index (Phi) is 3.28. The van der Waals surface area contributed by atoms with Crippen LogP contribution < -0.4 is 0 Å². The number of fused-ring (bicyclic) bond motifs is 3. The topological polar surface area (TPSA) is 60.9 Å². The molecule has 0 aliphatic carbocycles. The van der Waals surface area contributed by atoms with Gasteiger partial charge in [-0.2, -0.15) is 5.10 Å². The van der Waals surface area contributed by atoms with Crippen molar-refractivity contribution >= 4 is 27.5 Å². The van der Waals surface area contributed by atoms with E-state index in [1.165, 1.54) is 0 Å². The molecule has 0 atom stereocenters. The number of para-hydroxylation sites is 1. The fourth-order valence-electron chi connectivity index (χ4n) is 3.89. The van der Waals surface area contributed by atoms with Gasteiger partial charge in [0, 0.05) is 35.8 Å². The van der Waals surface area contributed by atoms with E-state index in [0.29, 0.717) is 0 Å². The van der Waals surface area contributed by atoms with E-state index in [2.05, 4.69) is 56.7 Å². The summed E-state index contributed by atoms with van der Waals surface area (Å²) in [6, 6.07) is 20.6. The summed E-state index contributed by atoms with van der Waals surface area (Å²) in [5.41, 5.74) is 6.12. The SMILES string of the molecule is Cn1ncc2cc(-c3ccn4c(-c5ccnc6ccccc56)nnc4c3)ccc21. The summed E-state index contributed by atoms with van der Waals surface area (Å²) < 4.78 is 3.90. The smallest absolute Gasteiger partial charge is 0.169 e. The third kappa shape index (κ3) is 2.42. The van der Waals surface area contributed by atoms with Crippen LogP contribution >= 0.6 is 0 Å². The minimum absolute atomic E-state index is 0.810. The van der Waals surface area contributed by atoms with Gasteiger partial charge >= 0.3 is 0 Å². The average molecular weight is 376 g/mol. The second kappa shape index (κ2) is 5.97. The van der Waals surface area contributed by atoms with Crippen molar-refractivity contribution in [3.8, 4) is 22.5 Å². The van der Waals surface area contributed by atoms with Crippen molar-refractivity contribution in [1.82, 2.24) is 29.4 Å². The second-order valence-electron chi connectivity index (χ2n) is 7.08. The molecule has 0 unspecified atom stereocenters. The fourth-order valence-corrected chi connectivity index (χ4v) is 3.89. The van der Waals surface area contributed by atoms with Gasteiger partial charge in [0.2, 0.25) is 0 Å². The van der Waals surface area contributed by atoms with E-state index >= 15 is 0 Å². The zero-order valence-corrected chi connectivity index (χ0v) is 15.7. The third-order valence-corrected chi connectivity index (χ3v) is 5.38. The molecule has 6 rings (SSSR count). The van der Waals surface area contributed by atoms with Crippen LogP contribution in [0.2, 0.25) is 0 Å². The molecule has 0 fully saturated rings. The molecule has 0 radical (unpaired) electrons. The van der Waals surface area contributed by atoms with Gasteiger partial charge < -0.3 is 0 Å². The molecular formula is C23H16N6. The van der Waals surface area contributed by atoms with Crippen LogP contribution in [-0.2, 0) is 7.05 Å². The molecule has 0 N–H and O–H groups in total. The number of pyridine rings is 2. The molecular weight excluding hydrogens is 360 g/mol. The lowest BCUT2D eigenvalue weighted by Crippen LogP contribution is -1.92. The second-order valence-corrected chi connectivity index (χ2v) is 7.08. The van der Waals surface area contributed by atoms with Gasteiger partial charge in [0.1, 0.15) is 0 Å². The van der Waals surface area contributed by atoms with Gasteiger partial charge in [0.05, 0.1) is 17.2 Å². The number of benzene rings is 2. The van der Waals surface area contributed by atoms with Crippen molar-refractivity contribution in [1.29, 1.82) is 0 Å². The zero-order valence-electron chi connectivity index (χ0n) is 15.7. The van der Waals surface area contributed by atoms with Crippen molar-refractivity contribution in [2.75, 3.05) is 0 Å². The summed E-state index contributed by atoms with van der Waals surface area (Å²) in [5, 5.41) is 15.4. The Labute approximate surface area is 166 Å². The highest BCUT2D eigenvalue weighted by atomic mass is 15.3. The van der Waals surface area contributed by atoms with Crippen molar-refractivity contribution in [3.05, 3.63) is 79.3 Å². The summed E-state index contributed by atoms with van der Waals surface area (Å²) >= 11 is 0. The lowest BCUT2D eigenvalue weighted by Gasteiger charge is -2.06. The van der Waals surface area contributed by atoms with Crippen molar-refractivity contribution in [2.24, 2.45) is 7.05 Å². The molecule has 4 heterocycles. The fraction of sp³-hybridized carbons (Fsp3) is 0.0435. The zero-order chi connectivity index (χ0) is 19.4. The van der Waals surface area contributed by atoms with Crippen LogP contribution in [0.1, 0.15) is 0 Å². The molecule has 29 heavy (non-hydrogen) atoms. The predicted molar refractivity (Wildman–Crippen MR) is 113 cm³/mol. The van der Waals surface area contributed by atoms with Crippen LogP contribution in [0.3, 0.4) is 0 Å². The van der Waals surface area contributed by atoms with Gasteiger partial charge in [0.25, 0.3) is 0 Å². The maximum absolute atomic E-state index is 4.48. The molecule has 6 aromatic rings. The normalized spacial score (nSPS) is 11.6. The van der Waals surface area contributed by atoms with Crippen LogP contribution in [0.5, 0.6) is 0 Å². The first-order chi connectivity index (χ1) is 14.3. The number of aromatic nitrogens is 6. The highest BCUT2D eigenvalue weighted by Gasteiger charge is 2.12. The quantitative estimate of drug-likeness (QED) is 0.446. The lowest BCUT2D eigenvalue weighted by molar-refractivity contribution is 0.797. The minimum atomic E-state index is 0.810. The van der Waals surface area contributed by atoms with Crippen molar-refractivity contribution in [3.63, 3.8) is 0 Å². The number of nitrogens with zero attached hydrogens (tertiary/aromatic N) is 6. The van der Waals surface area contributed by atoms with E-state index in [-0.39, 0.29) is 0 Å². The Hall–Kier alpha value is -4.06. The van der Waals surface area contributed by atoms with Gasteiger partial charge in [-0.3, -0.25) is 14.1 Å². The van der Waals surface area contributed by atoms with Crippen LogP contribution in [0.15, 0.2) is 79.3 Å². The Bertz CT molecular complexity index is 1520. The van der Waals surface area contributed by atoms with E-state index in [0.717, 1.165) is 50.0 Å². The third-order valence-electron chi connectivity index (χ3n) is 5.38. The highest BCUT2D eigenvalue weighted by Crippen LogP contribution is 2.29. The maximum atomic E-state index is 4.48. The Morgan fingerprint density at radius 2 is 1.76 bits per heavy atom. The highest BCUT2D eigenvalue weighted by molar-refractivity contribution is 5.93. The Morgan fingerprint density at radius 1 is 0.862 bits per heavy atom. The molecule has 0 bridgehead atoms. The molecule has 4 aromatic heterocycles. The molecule has 2 aromatic carbocycles. The number of aryl methyl sites for hydroxylation is 1. The van der Waals surface area contributed by atoms with Crippen molar-refractivity contribution in [2.45, 2.75) is 0 Å². The predicted octanol–water partition coefficient (Wildman–Crippen LogP) is 4.50. The first-order valence-corrected chi connectivity index (χ1v) is 9.39. The molecule has 0 aliphatic rings. The Morgan fingerprint density at radius 3 is 2.72 bits per heavy atom. The van der Waals surface area contributed by atoms with Crippen molar-refractivity contribution < 1.29 is 0 Å². The first-order valence-electron chi connectivity index (χ1n) is 9.39. The van der Waals surface area contributed by atoms with Crippen LogP contribution in [-0.4, -0.2) is 29.4 Å². The number of hydrogen-bond donors (Lipinski definition) is 0. The number of rotatable bonds is 2. The maximum Gasteiger partial charge on any atom is 0.169 e. The monoisotopic (exact) mass is 376 g/mol. The van der Waals surface area contributed by atoms with E-state index in [1.54, 1.807) is 0 Å². The number of hydrogen-bond acceptors (Lipinski definition) is 4. The molecule has 0 saturated carbocycles. The van der Waals surface area contributed by atoms with Gasteiger partial charge in [-0.15, -0.1) is 10.2 Å².